The molecule has 0 radical (unpaired) electrons. The summed E-state index contributed by atoms with van der Waals surface area (Å²) in [7, 11) is 3.10. The maximum absolute atomic E-state index is 9.11. The number of benzene rings is 3. The molecule has 0 fully saturated rings. The van der Waals surface area contributed by atoms with Gasteiger partial charge in [0.25, 0.3) is 0 Å². The summed E-state index contributed by atoms with van der Waals surface area (Å²) in [5.41, 5.74) is 4.09. The van der Waals surface area contributed by atoms with Crippen LogP contribution in [0.4, 0.5) is 0 Å². The Hall–Kier alpha value is -3.58. The molecule has 0 N–H and O–H groups in total. The molecule has 0 heterocycles. The zero-order valence-corrected chi connectivity index (χ0v) is 22.6. The first-order valence-electron chi connectivity index (χ1n) is 10.8. The quantitative estimate of drug-likeness (QED) is 0.321. The van der Waals surface area contributed by atoms with Crippen molar-refractivity contribution in [1.29, 1.82) is 10.5 Å². The van der Waals surface area contributed by atoms with Crippen LogP contribution in [-0.2, 0) is 18.6 Å². The molecule has 0 aromatic heterocycles. The molecule has 8 heteroatoms. The summed E-state index contributed by atoms with van der Waals surface area (Å²) in [5.74, 6) is 2.18. The highest BCUT2D eigenvalue weighted by Gasteiger charge is 2.17. The van der Waals surface area contributed by atoms with Crippen LogP contribution in [0.3, 0.4) is 0 Å². The van der Waals surface area contributed by atoms with Gasteiger partial charge in [0, 0.05) is 12.1 Å². The van der Waals surface area contributed by atoms with Crippen LogP contribution in [0.15, 0.2) is 54.6 Å². The van der Waals surface area contributed by atoms with Crippen LogP contribution in [-0.4, -0.2) is 14.2 Å². The second-order valence-corrected chi connectivity index (χ2v) is 8.82. The van der Waals surface area contributed by atoms with Crippen molar-refractivity contribution in [3.63, 3.8) is 0 Å². The van der Waals surface area contributed by atoms with Crippen molar-refractivity contribution in [1.82, 2.24) is 0 Å². The summed E-state index contributed by atoms with van der Waals surface area (Å²) in [6.45, 7) is 7.14. The van der Waals surface area contributed by atoms with Crippen molar-refractivity contribution in [3.05, 3.63) is 82.4 Å². The second-order valence-electron chi connectivity index (χ2n) is 8.82. The van der Waals surface area contributed by atoms with E-state index in [1.807, 2.05) is 6.07 Å². The normalized spacial score (nSPS) is 10.1. The molecule has 190 valence electrons. The molecule has 0 spiro atoms. The zero-order valence-electron chi connectivity index (χ0n) is 21.0. The van der Waals surface area contributed by atoms with Crippen LogP contribution < -0.4 is 18.9 Å². The first-order valence-corrected chi connectivity index (χ1v) is 10.8. The van der Waals surface area contributed by atoms with E-state index in [2.05, 4.69) is 45.0 Å². The molecule has 0 amide bonds. The molecule has 0 aliphatic carbocycles. The largest absolute Gasteiger partial charge is 0.493 e. The number of nitriles is 2. The second kappa shape index (κ2) is 13.5. The van der Waals surface area contributed by atoms with E-state index in [0.29, 0.717) is 47.3 Å². The Kier molecular flexibility index (Phi) is 11.4. The number of methoxy groups -OCH3 is 2. The minimum absolute atomic E-state index is 0. The first kappa shape index (κ1) is 30.5. The lowest BCUT2D eigenvalue weighted by Gasteiger charge is -2.22. The van der Waals surface area contributed by atoms with Crippen molar-refractivity contribution >= 4 is 24.8 Å². The number of rotatable bonds is 8. The van der Waals surface area contributed by atoms with Gasteiger partial charge in [-0.05, 0) is 52.4 Å². The summed E-state index contributed by atoms with van der Waals surface area (Å²) < 4.78 is 22.8. The fraction of sp³-hybridized carbons (Fsp3) is 0.286. The van der Waals surface area contributed by atoms with E-state index in [1.165, 1.54) is 0 Å². The smallest absolute Gasteiger partial charge is 0.162 e. The van der Waals surface area contributed by atoms with Gasteiger partial charge in [0.1, 0.15) is 13.2 Å². The maximum Gasteiger partial charge on any atom is 0.162 e. The number of halogens is 2. The van der Waals surface area contributed by atoms with E-state index >= 15 is 0 Å². The molecule has 0 atom stereocenters. The third kappa shape index (κ3) is 7.71. The van der Waals surface area contributed by atoms with Crippen molar-refractivity contribution in [2.75, 3.05) is 14.2 Å². The lowest BCUT2D eigenvalue weighted by atomic mass is 9.85. The summed E-state index contributed by atoms with van der Waals surface area (Å²) in [5, 5.41) is 18.2. The van der Waals surface area contributed by atoms with E-state index in [0.717, 1.165) is 16.7 Å². The molecule has 36 heavy (non-hydrogen) atoms. The highest BCUT2D eigenvalue weighted by molar-refractivity contribution is 5.85. The average Bonchev–Trinajstić information content (AvgIpc) is 2.85. The Labute approximate surface area is 225 Å². The maximum atomic E-state index is 9.11. The van der Waals surface area contributed by atoms with Crippen molar-refractivity contribution in [2.45, 2.75) is 39.4 Å². The molecule has 0 saturated carbocycles. The molecular weight excluding hydrogens is 499 g/mol. The van der Waals surface area contributed by atoms with Gasteiger partial charge in [0.15, 0.2) is 23.0 Å². The molecular formula is C28H30Cl2N2O4. The van der Waals surface area contributed by atoms with Gasteiger partial charge in [0.2, 0.25) is 0 Å². The summed E-state index contributed by atoms with van der Waals surface area (Å²) in [6, 6.07) is 20.7. The highest BCUT2D eigenvalue weighted by Crippen LogP contribution is 2.31. The molecule has 0 aliphatic heterocycles. The number of nitrogens with zero attached hydrogens (tertiary/aromatic N) is 2. The summed E-state index contributed by atoms with van der Waals surface area (Å²) in [4.78, 5) is 0. The Morgan fingerprint density at radius 2 is 1.06 bits per heavy atom. The fourth-order valence-corrected chi connectivity index (χ4v) is 3.40. The van der Waals surface area contributed by atoms with E-state index in [9.17, 15) is 0 Å². The SMILES string of the molecule is COc1cc(C#N)ccc1OCc1cc(COc2ccc(C#N)cc2OC)cc(C(C)(C)C)c1.Cl.Cl. The van der Waals surface area contributed by atoms with E-state index in [1.54, 1.807) is 50.6 Å². The van der Waals surface area contributed by atoms with Crippen LogP contribution in [0, 0.1) is 22.7 Å². The van der Waals surface area contributed by atoms with Gasteiger partial charge in [-0.2, -0.15) is 10.5 Å². The van der Waals surface area contributed by atoms with Gasteiger partial charge in [-0.3, -0.25) is 0 Å². The van der Waals surface area contributed by atoms with Gasteiger partial charge >= 0.3 is 0 Å². The molecule has 6 nitrogen and oxygen atoms in total. The Morgan fingerprint density at radius 1 is 0.639 bits per heavy atom. The van der Waals surface area contributed by atoms with Crippen LogP contribution in [0.1, 0.15) is 48.6 Å². The van der Waals surface area contributed by atoms with E-state index in [4.69, 9.17) is 29.5 Å². The topological polar surface area (TPSA) is 84.5 Å². The van der Waals surface area contributed by atoms with Crippen LogP contribution >= 0.6 is 24.8 Å². The Morgan fingerprint density at radius 3 is 1.39 bits per heavy atom. The highest BCUT2D eigenvalue weighted by atomic mass is 35.5. The standard InChI is InChI=1S/C28H28N2O4.2ClH/c1-28(2,3)23-11-21(17-33-24-8-6-19(15-29)13-26(24)31-4)10-22(12-23)18-34-25-9-7-20(16-30)14-27(25)32-5;;/h6-14H,17-18H2,1-5H3;2*1H. The molecule has 0 saturated heterocycles. The Balaban J connectivity index is 0.00000324. The van der Waals surface area contributed by atoms with Gasteiger partial charge in [-0.25, -0.2) is 0 Å². The van der Waals surface area contributed by atoms with E-state index < -0.39 is 0 Å². The fourth-order valence-electron chi connectivity index (χ4n) is 3.40. The van der Waals surface area contributed by atoms with Crippen LogP contribution in [0.2, 0.25) is 0 Å². The van der Waals surface area contributed by atoms with Gasteiger partial charge in [-0.15, -0.1) is 24.8 Å². The minimum atomic E-state index is -0.0664. The molecule has 0 unspecified atom stereocenters. The number of hydrogen-bond donors (Lipinski definition) is 0. The lowest BCUT2D eigenvalue weighted by Crippen LogP contribution is -2.13. The van der Waals surface area contributed by atoms with Gasteiger partial charge in [-0.1, -0.05) is 32.9 Å². The van der Waals surface area contributed by atoms with Gasteiger partial charge < -0.3 is 18.9 Å². The monoisotopic (exact) mass is 528 g/mol. The lowest BCUT2D eigenvalue weighted by molar-refractivity contribution is 0.279. The molecule has 3 aromatic carbocycles. The summed E-state index contributed by atoms with van der Waals surface area (Å²) in [6.07, 6.45) is 0. The molecule has 0 bridgehead atoms. The molecule has 3 aromatic rings. The number of hydrogen-bond acceptors (Lipinski definition) is 6. The van der Waals surface area contributed by atoms with Gasteiger partial charge in [0.05, 0.1) is 37.5 Å². The van der Waals surface area contributed by atoms with E-state index in [-0.39, 0.29) is 30.2 Å². The third-order valence-electron chi connectivity index (χ3n) is 5.29. The predicted molar refractivity (Wildman–Crippen MR) is 144 cm³/mol. The van der Waals surface area contributed by atoms with Crippen molar-refractivity contribution < 1.29 is 18.9 Å². The predicted octanol–water partition coefficient (Wildman–Crippen LogP) is 6.75. The van der Waals surface area contributed by atoms with Crippen molar-refractivity contribution in [3.8, 4) is 35.1 Å². The summed E-state index contributed by atoms with van der Waals surface area (Å²) >= 11 is 0. The molecule has 0 aliphatic rings. The zero-order chi connectivity index (χ0) is 24.7. The minimum Gasteiger partial charge on any atom is -0.493 e. The third-order valence-corrected chi connectivity index (χ3v) is 5.29. The first-order chi connectivity index (χ1) is 16.3. The van der Waals surface area contributed by atoms with Crippen LogP contribution in [0.5, 0.6) is 23.0 Å². The molecule has 3 rings (SSSR count). The number of ether oxygens (including phenoxy) is 4. The van der Waals surface area contributed by atoms with Crippen LogP contribution in [0.25, 0.3) is 0 Å². The Bertz CT molecular complexity index is 1170. The average molecular weight is 529 g/mol. The van der Waals surface area contributed by atoms with Crippen molar-refractivity contribution in [2.24, 2.45) is 0 Å².